The normalized spacial score (nSPS) is 13.9. The summed E-state index contributed by atoms with van der Waals surface area (Å²) in [4.78, 5) is 11.5. The van der Waals surface area contributed by atoms with Crippen LogP contribution in [-0.4, -0.2) is 36.7 Å². The van der Waals surface area contributed by atoms with Crippen LogP contribution in [0.2, 0.25) is 0 Å². The first-order valence-corrected chi connectivity index (χ1v) is 5.96. The van der Waals surface area contributed by atoms with E-state index in [-0.39, 0.29) is 5.69 Å². The SMILES string of the molecule is O=[N+]([O-])c1ccc(C2=Nn3nnnc3SC2)cc1. The van der Waals surface area contributed by atoms with E-state index in [0.717, 1.165) is 11.3 Å². The van der Waals surface area contributed by atoms with Crippen molar-refractivity contribution in [3.05, 3.63) is 39.9 Å². The monoisotopic (exact) mass is 262 g/mol. The lowest BCUT2D eigenvalue weighted by Crippen LogP contribution is -2.13. The van der Waals surface area contributed by atoms with Gasteiger partial charge in [0.25, 0.3) is 5.69 Å². The van der Waals surface area contributed by atoms with Crippen LogP contribution >= 0.6 is 11.8 Å². The van der Waals surface area contributed by atoms with E-state index in [1.165, 1.54) is 28.7 Å². The Labute approximate surface area is 105 Å². The lowest BCUT2D eigenvalue weighted by atomic mass is 10.1. The van der Waals surface area contributed by atoms with Crippen LogP contribution in [0.25, 0.3) is 0 Å². The van der Waals surface area contributed by atoms with Crippen LogP contribution in [0, 0.1) is 10.1 Å². The van der Waals surface area contributed by atoms with Crippen LogP contribution in [0.3, 0.4) is 0 Å². The van der Waals surface area contributed by atoms with E-state index in [9.17, 15) is 10.1 Å². The summed E-state index contributed by atoms with van der Waals surface area (Å²) in [6.07, 6.45) is 0. The Morgan fingerprint density at radius 3 is 2.83 bits per heavy atom. The van der Waals surface area contributed by atoms with Gasteiger partial charge in [0, 0.05) is 17.9 Å². The Morgan fingerprint density at radius 2 is 2.11 bits per heavy atom. The largest absolute Gasteiger partial charge is 0.269 e. The average molecular weight is 262 g/mol. The Bertz CT molecular complexity index is 635. The summed E-state index contributed by atoms with van der Waals surface area (Å²) in [5.74, 6) is 0.637. The first-order valence-electron chi connectivity index (χ1n) is 4.98. The van der Waals surface area contributed by atoms with Crippen molar-refractivity contribution < 1.29 is 4.92 Å². The van der Waals surface area contributed by atoms with Crippen molar-refractivity contribution in [1.82, 2.24) is 20.3 Å². The number of aromatic nitrogens is 4. The predicted octanol–water partition coefficient (Wildman–Crippen LogP) is 0.939. The molecule has 0 radical (unpaired) electrons. The number of benzene rings is 1. The smallest absolute Gasteiger partial charge is 0.258 e. The molecule has 1 aliphatic heterocycles. The highest BCUT2D eigenvalue weighted by Gasteiger charge is 2.17. The molecule has 0 saturated heterocycles. The molecule has 0 fully saturated rings. The first kappa shape index (κ1) is 10.8. The van der Waals surface area contributed by atoms with Gasteiger partial charge >= 0.3 is 0 Å². The van der Waals surface area contributed by atoms with Gasteiger partial charge in [-0.15, -0.1) is 9.89 Å². The number of non-ortho nitro benzene ring substituents is 1. The summed E-state index contributed by atoms with van der Waals surface area (Å²) < 4.78 is 0. The van der Waals surface area contributed by atoms with Gasteiger partial charge in [0.1, 0.15) is 0 Å². The lowest BCUT2D eigenvalue weighted by Gasteiger charge is -2.10. The molecule has 0 aliphatic carbocycles. The fraction of sp³-hybridized carbons (Fsp3) is 0.111. The molecule has 1 aliphatic rings. The van der Waals surface area contributed by atoms with E-state index < -0.39 is 4.92 Å². The van der Waals surface area contributed by atoms with Crippen molar-refractivity contribution in [3.63, 3.8) is 0 Å². The Morgan fingerprint density at radius 1 is 1.33 bits per heavy atom. The Balaban J connectivity index is 1.94. The van der Waals surface area contributed by atoms with E-state index in [0.29, 0.717) is 10.9 Å². The van der Waals surface area contributed by atoms with Crippen LogP contribution in [0.5, 0.6) is 0 Å². The maximum absolute atomic E-state index is 10.6. The number of nitro benzene ring substituents is 1. The molecule has 0 atom stereocenters. The third kappa shape index (κ3) is 1.84. The van der Waals surface area contributed by atoms with Crippen molar-refractivity contribution in [2.75, 3.05) is 5.75 Å². The molecule has 18 heavy (non-hydrogen) atoms. The molecule has 3 rings (SSSR count). The number of thioether (sulfide) groups is 1. The van der Waals surface area contributed by atoms with Crippen LogP contribution in [0.4, 0.5) is 5.69 Å². The van der Waals surface area contributed by atoms with Gasteiger partial charge in [-0.2, -0.15) is 0 Å². The molecule has 0 saturated carbocycles. The van der Waals surface area contributed by atoms with Gasteiger partial charge in [0.15, 0.2) is 0 Å². The lowest BCUT2D eigenvalue weighted by molar-refractivity contribution is -0.384. The second-order valence-corrected chi connectivity index (χ2v) is 4.43. The molecule has 0 bridgehead atoms. The van der Waals surface area contributed by atoms with E-state index in [2.05, 4.69) is 20.6 Å². The number of rotatable bonds is 2. The summed E-state index contributed by atoms with van der Waals surface area (Å²) >= 11 is 1.47. The second kappa shape index (κ2) is 4.18. The average Bonchev–Trinajstić information content (AvgIpc) is 2.86. The topological polar surface area (TPSA) is 99.1 Å². The minimum atomic E-state index is -0.430. The van der Waals surface area contributed by atoms with Gasteiger partial charge in [0.2, 0.25) is 5.16 Å². The maximum Gasteiger partial charge on any atom is 0.269 e. The highest BCUT2D eigenvalue weighted by Crippen LogP contribution is 2.22. The molecule has 0 unspecified atom stereocenters. The molecule has 1 aromatic heterocycles. The summed E-state index contributed by atoms with van der Waals surface area (Å²) in [6.45, 7) is 0. The molecular weight excluding hydrogens is 256 g/mol. The second-order valence-electron chi connectivity index (χ2n) is 3.49. The fourth-order valence-corrected chi connectivity index (χ4v) is 2.29. The predicted molar refractivity (Wildman–Crippen MR) is 63.6 cm³/mol. The number of fused-ring (bicyclic) bond motifs is 1. The number of nitro groups is 1. The van der Waals surface area contributed by atoms with Gasteiger partial charge in [0.05, 0.1) is 10.6 Å². The van der Waals surface area contributed by atoms with Crippen molar-refractivity contribution >= 4 is 23.2 Å². The van der Waals surface area contributed by atoms with Crippen LogP contribution < -0.4 is 0 Å². The third-order valence-corrected chi connectivity index (χ3v) is 3.31. The zero-order valence-corrected chi connectivity index (χ0v) is 9.74. The third-order valence-electron chi connectivity index (χ3n) is 2.39. The fourth-order valence-electron chi connectivity index (χ4n) is 1.52. The van der Waals surface area contributed by atoms with Crippen molar-refractivity contribution in [2.45, 2.75) is 5.16 Å². The van der Waals surface area contributed by atoms with Crippen LogP contribution in [0.15, 0.2) is 34.5 Å². The molecule has 8 nitrogen and oxygen atoms in total. The quantitative estimate of drug-likeness (QED) is 0.590. The van der Waals surface area contributed by atoms with Gasteiger partial charge in [-0.3, -0.25) is 10.1 Å². The Hall–Kier alpha value is -2.29. The van der Waals surface area contributed by atoms with Crippen molar-refractivity contribution in [3.8, 4) is 0 Å². The standard InChI is InChI=1S/C9H6N6O2S/c16-15(17)7-3-1-6(2-4-7)8-5-18-9-10-12-13-14(9)11-8/h1-4H,5H2. The van der Waals surface area contributed by atoms with E-state index in [1.807, 2.05) is 0 Å². The van der Waals surface area contributed by atoms with E-state index in [1.54, 1.807) is 12.1 Å². The van der Waals surface area contributed by atoms with Crippen LogP contribution in [-0.2, 0) is 0 Å². The molecule has 2 aromatic rings. The highest BCUT2D eigenvalue weighted by molar-refractivity contribution is 7.99. The molecule has 90 valence electrons. The van der Waals surface area contributed by atoms with Gasteiger partial charge < -0.3 is 0 Å². The molecule has 0 amide bonds. The molecular formula is C9H6N6O2S. The molecule has 2 heterocycles. The van der Waals surface area contributed by atoms with Crippen molar-refractivity contribution in [2.24, 2.45) is 5.10 Å². The molecule has 0 spiro atoms. The van der Waals surface area contributed by atoms with Crippen molar-refractivity contribution in [1.29, 1.82) is 0 Å². The minimum Gasteiger partial charge on any atom is -0.258 e. The number of hydrogen-bond donors (Lipinski definition) is 0. The molecule has 1 aromatic carbocycles. The van der Waals surface area contributed by atoms with E-state index in [4.69, 9.17) is 0 Å². The van der Waals surface area contributed by atoms with Gasteiger partial charge in [-0.1, -0.05) is 16.9 Å². The molecule has 9 heteroatoms. The summed E-state index contributed by atoms with van der Waals surface area (Å²) in [7, 11) is 0. The first-order chi connectivity index (χ1) is 8.74. The van der Waals surface area contributed by atoms with Gasteiger partial charge in [-0.05, 0) is 28.1 Å². The summed E-state index contributed by atoms with van der Waals surface area (Å²) in [5.41, 5.74) is 1.68. The summed E-state index contributed by atoms with van der Waals surface area (Å²) in [5, 5.41) is 26.5. The van der Waals surface area contributed by atoms with E-state index >= 15 is 0 Å². The van der Waals surface area contributed by atoms with Gasteiger partial charge in [-0.25, -0.2) is 0 Å². The Kier molecular flexibility index (Phi) is 2.52. The zero-order valence-electron chi connectivity index (χ0n) is 8.92. The highest BCUT2D eigenvalue weighted by atomic mass is 32.2. The number of hydrogen-bond acceptors (Lipinski definition) is 7. The van der Waals surface area contributed by atoms with Crippen LogP contribution in [0.1, 0.15) is 5.56 Å². The number of nitrogens with zero attached hydrogens (tertiary/aromatic N) is 6. The summed E-state index contributed by atoms with van der Waals surface area (Å²) in [6, 6.07) is 6.26. The molecule has 0 N–H and O–H groups in total. The maximum atomic E-state index is 10.6. The minimum absolute atomic E-state index is 0.0610. The number of tetrazole rings is 1. The zero-order chi connectivity index (χ0) is 12.5.